The van der Waals surface area contributed by atoms with Crippen molar-refractivity contribution in [2.45, 2.75) is 206 Å². The van der Waals surface area contributed by atoms with E-state index in [9.17, 15) is 67.7 Å². The Bertz CT molecular complexity index is 2990. The summed E-state index contributed by atoms with van der Waals surface area (Å²) in [5.74, 6) is -0.319. The number of ether oxygens (including phenoxy) is 1. The molecule has 0 unspecified atom stereocenters. The molecule has 2 N–H and O–H groups in total. The van der Waals surface area contributed by atoms with Gasteiger partial charge in [0.2, 0.25) is 0 Å². The van der Waals surface area contributed by atoms with Gasteiger partial charge in [0, 0.05) is 22.6 Å². The molecule has 5 aromatic rings. The SMILES string of the molecule is CCC(CC)(c1ccc(CCC(O)(C(F)(F)F)C(F)(F)F)c(C)c1)c1ccc(B2OC(C)(C)C(C)(C)O2)c(C)c1.CCOC(=O)Cc1ccc(-c2ccc(C(CC)(CC)c3ccc(CCC(O)(C(F)(F)F)C(F)(F)F)c(C)c3)cc2C)nc1. The highest BCUT2D eigenvalue weighted by molar-refractivity contribution is 6.62. The maximum absolute atomic E-state index is 13.2. The van der Waals surface area contributed by atoms with Crippen LogP contribution in [0.15, 0.2) is 91.1 Å². The third-order valence-corrected chi connectivity index (χ3v) is 17.5. The number of alkyl halides is 12. The number of aliphatic hydroxyl groups is 2. The van der Waals surface area contributed by atoms with E-state index in [0.29, 0.717) is 41.7 Å². The molecular formula is C63H76BF12NO6. The van der Waals surface area contributed by atoms with E-state index in [-0.39, 0.29) is 12.4 Å². The van der Waals surface area contributed by atoms with Gasteiger partial charge in [0.1, 0.15) is 0 Å². The minimum absolute atomic E-state index is 0.137. The molecule has 1 aromatic heterocycles. The summed E-state index contributed by atoms with van der Waals surface area (Å²) in [7, 11) is -0.509. The van der Waals surface area contributed by atoms with Crippen molar-refractivity contribution in [3.8, 4) is 11.3 Å². The van der Waals surface area contributed by atoms with Crippen LogP contribution >= 0.6 is 0 Å². The number of nitrogens with zero attached hydrogens (tertiary/aromatic N) is 1. The Balaban J connectivity index is 0.000000305. The molecule has 4 aromatic carbocycles. The molecule has 20 heteroatoms. The molecule has 0 aliphatic carbocycles. The van der Waals surface area contributed by atoms with Crippen LogP contribution in [0.25, 0.3) is 11.3 Å². The Morgan fingerprint density at radius 2 is 0.904 bits per heavy atom. The largest absolute Gasteiger partial charge is 0.495 e. The summed E-state index contributed by atoms with van der Waals surface area (Å²) in [6.45, 7) is 25.5. The Morgan fingerprint density at radius 3 is 1.23 bits per heavy atom. The average Bonchev–Trinajstić information content (AvgIpc) is 3.22. The lowest BCUT2D eigenvalue weighted by Gasteiger charge is -2.35. The molecule has 0 radical (unpaired) electrons. The van der Waals surface area contributed by atoms with E-state index >= 15 is 0 Å². The summed E-state index contributed by atoms with van der Waals surface area (Å²) in [4.78, 5) is 16.3. The van der Waals surface area contributed by atoms with Gasteiger partial charge in [0.05, 0.1) is 29.9 Å². The molecule has 1 aliphatic rings. The summed E-state index contributed by atoms with van der Waals surface area (Å²) < 4.78 is 175. The van der Waals surface area contributed by atoms with Gasteiger partial charge in [-0.25, -0.2) is 0 Å². The summed E-state index contributed by atoms with van der Waals surface area (Å²) >= 11 is 0. The fourth-order valence-electron chi connectivity index (χ4n) is 11.1. The van der Waals surface area contributed by atoms with Crippen molar-refractivity contribution in [2.75, 3.05) is 6.61 Å². The molecule has 1 saturated heterocycles. The van der Waals surface area contributed by atoms with Crippen LogP contribution in [0.4, 0.5) is 52.7 Å². The van der Waals surface area contributed by atoms with Crippen molar-refractivity contribution in [1.29, 1.82) is 0 Å². The van der Waals surface area contributed by atoms with E-state index in [2.05, 4.69) is 31.0 Å². The molecule has 456 valence electrons. The van der Waals surface area contributed by atoms with Crippen LogP contribution in [0.1, 0.15) is 162 Å². The lowest BCUT2D eigenvalue weighted by molar-refractivity contribution is -0.370. The minimum atomic E-state index is -5.84. The first-order valence-electron chi connectivity index (χ1n) is 27.8. The maximum atomic E-state index is 13.2. The maximum Gasteiger partial charge on any atom is 0.495 e. The number of hydrogen-bond acceptors (Lipinski definition) is 7. The third-order valence-electron chi connectivity index (χ3n) is 17.5. The van der Waals surface area contributed by atoms with E-state index < -0.39 is 90.7 Å². The molecule has 6 rings (SSSR count). The number of aryl methyl sites for hydroxylation is 6. The molecule has 0 saturated carbocycles. The monoisotopic (exact) mass is 1180 g/mol. The molecule has 2 heterocycles. The highest BCUT2D eigenvalue weighted by Gasteiger charge is 2.70. The number of esters is 1. The zero-order chi connectivity index (χ0) is 62.7. The lowest BCUT2D eigenvalue weighted by Crippen LogP contribution is -2.57. The first kappa shape index (κ1) is 68.3. The quantitative estimate of drug-likeness (QED) is 0.0483. The van der Waals surface area contributed by atoms with Crippen LogP contribution in [0.3, 0.4) is 0 Å². The van der Waals surface area contributed by atoms with Crippen molar-refractivity contribution in [3.63, 3.8) is 0 Å². The number of hydrogen-bond donors (Lipinski definition) is 2. The predicted octanol–water partition coefficient (Wildman–Crippen LogP) is 15.9. The number of aromatic nitrogens is 1. The van der Waals surface area contributed by atoms with E-state index in [0.717, 1.165) is 68.5 Å². The molecule has 0 amide bonds. The second-order valence-corrected chi connectivity index (χ2v) is 22.8. The van der Waals surface area contributed by atoms with Crippen molar-refractivity contribution in [2.24, 2.45) is 0 Å². The molecular weight excluding hydrogens is 1110 g/mol. The second kappa shape index (κ2) is 25.3. The van der Waals surface area contributed by atoms with Crippen LogP contribution in [-0.2, 0) is 48.9 Å². The van der Waals surface area contributed by atoms with E-state index in [1.165, 1.54) is 0 Å². The zero-order valence-corrected chi connectivity index (χ0v) is 49.3. The zero-order valence-electron chi connectivity index (χ0n) is 49.3. The standard InChI is InChI=1S/C33H37F6NO3.C30H39BF6O3/c1-6-30(7-2,25-11-10-24(21(4)17-25)15-16-31(42,32(34,35)36)33(37,38)39)26-12-13-27(22(5)18-26)28-14-9-23(20-40-28)19-29(41)43-8-3;1-9-27(10-2,23-13-14-24(20(4)18-23)31-39-25(5,6)26(7,8)40-31)22-12-11-21(19(3)17-22)15-16-28(38,29(32,33)34)30(35,36)37/h9-14,17-18,20,42H,6-8,15-16,19H2,1-5H3;11-14,17-18,38H,9-10,15-16H2,1-8H3. The van der Waals surface area contributed by atoms with Crippen LogP contribution < -0.4 is 5.46 Å². The predicted molar refractivity (Wildman–Crippen MR) is 297 cm³/mol. The number of carbonyl (C=O) groups excluding carboxylic acids is 1. The smallest absolute Gasteiger partial charge is 0.466 e. The van der Waals surface area contributed by atoms with Crippen molar-refractivity contribution in [1.82, 2.24) is 4.98 Å². The molecule has 0 spiro atoms. The van der Waals surface area contributed by atoms with Gasteiger partial charge in [-0.1, -0.05) is 112 Å². The van der Waals surface area contributed by atoms with Crippen LogP contribution in [0.5, 0.6) is 0 Å². The summed E-state index contributed by atoms with van der Waals surface area (Å²) in [5.41, 5.74) is -0.449. The van der Waals surface area contributed by atoms with Gasteiger partial charge in [-0.2, -0.15) is 52.7 Å². The fourth-order valence-corrected chi connectivity index (χ4v) is 11.1. The van der Waals surface area contributed by atoms with Gasteiger partial charge in [-0.15, -0.1) is 0 Å². The Morgan fingerprint density at radius 1 is 0.530 bits per heavy atom. The second-order valence-electron chi connectivity index (χ2n) is 22.8. The van der Waals surface area contributed by atoms with Crippen molar-refractivity contribution in [3.05, 3.63) is 152 Å². The molecule has 0 atom stereocenters. The molecule has 1 fully saturated rings. The van der Waals surface area contributed by atoms with E-state index in [1.54, 1.807) is 51.2 Å². The highest BCUT2D eigenvalue weighted by Crippen LogP contribution is 2.49. The molecule has 83 heavy (non-hydrogen) atoms. The summed E-state index contributed by atoms with van der Waals surface area (Å²) in [5, 5.41) is 19.1. The van der Waals surface area contributed by atoms with E-state index in [4.69, 9.17) is 14.0 Å². The number of halogens is 12. The number of pyridine rings is 1. The Hall–Kier alpha value is -5.44. The number of rotatable bonds is 19. The summed E-state index contributed by atoms with van der Waals surface area (Å²) in [6.07, 6.45) is -22.9. The number of carbonyl (C=O) groups is 1. The first-order chi connectivity index (χ1) is 38.2. The van der Waals surface area contributed by atoms with E-state index in [1.807, 2.05) is 104 Å². The number of benzene rings is 4. The van der Waals surface area contributed by atoms with Crippen molar-refractivity contribution < 1.29 is 81.7 Å². The first-order valence-corrected chi connectivity index (χ1v) is 27.8. The van der Waals surface area contributed by atoms with Gasteiger partial charge in [0.25, 0.3) is 11.2 Å². The fraction of sp³-hybridized carbons (Fsp3) is 0.524. The van der Waals surface area contributed by atoms with Crippen LogP contribution in [0, 0.1) is 27.7 Å². The van der Waals surface area contributed by atoms with Crippen molar-refractivity contribution >= 4 is 18.6 Å². The topological polar surface area (TPSA) is 98.1 Å². The lowest BCUT2D eigenvalue weighted by atomic mass is 9.67. The van der Waals surface area contributed by atoms with Crippen LogP contribution in [0.2, 0.25) is 0 Å². The Labute approximate surface area is 479 Å². The highest BCUT2D eigenvalue weighted by atomic mass is 19.4. The van der Waals surface area contributed by atoms with Crippen LogP contribution in [-0.4, -0.2) is 82.0 Å². The van der Waals surface area contributed by atoms with Gasteiger partial charge in [0.15, 0.2) is 0 Å². The summed E-state index contributed by atoms with van der Waals surface area (Å²) in [6, 6.07) is 26.2. The van der Waals surface area contributed by atoms with Gasteiger partial charge in [-0.05, 0) is 181 Å². The minimum Gasteiger partial charge on any atom is -0.466 e. The molecule has 7 nitrogen and oxygen atoms in total. The molecule has 0 bridgehead atoms. The third kappa shape index (κ3) is 14.0. The van der Waals surface area contributed by atoms with Gasteiger partial charge in [-0.3, -0.25) is 9.78 Å². The average molecular weight is 1180 g/mol. The normalized spacial score (nSPS) is 15.3. The molecule has 1 aliphatic heterocycles. The Kier molecular flexibility index (Phi) is 20.8. The van der Waals surface area contributed by atoms with Gasteiger partial charge < -0.3 is 24.3 Å². The van der Waals surface area contributed by atoms with Gasteiger partial charge >= 0.3 is 37.8 Å².